The van der Waals surface area contributed by atoms with Gasteiger partial charge in [0.1, 0.15) is 17.4 Å². The Kier molecular flexibility index (Phi) is 6.69. The number of piperidine rings is 1. The van der Waals surface area contributed by atoms with Crippen molar-refractivity contribution in [2.45, 2.75) is 81.4 Å². The third kappa shape index (κ3) is 4.80. The van der Waals surface area contributed by atoms with Crippen LogP contribution in [0.25, 0.3) is 21.5 Å². The second kappa shape index (κ2) is 10.5. The number of carbonyl (C=O) groups is 2. The summed E-state index contributed by atoms with van der Waals surface area (Å²) in [4.78, 5) is 33.7. The van der Waals surface area contributed by atoms with Crippen molar-refractivity contribution in [1.29, 1.82) is 0 Å². The molecule has 0 amide bonds. The number of hydrogen-bond acceptors (Lipinski definition) is 9. The average molecular weight is 639 g/mol. The smallest absolute Gasteiger partial charge is 0.344 e. The number of fused-ring (bicyclic) bond motifs is 3. The van der Waals surface area contributed by atoms with E-state index in [2.05, 4.69) is 10.1 Å². The van der Waals surface area contributed by atoms with Crippen molar-refractivity contribution in [2.75, 3.05) is 12.0 Å². The normalized spacial score (nSPS) is 23.1. The molecule has 0 spiro atoms. The Labute approximate surface area is 262 Å². The monoisotopic (exact) mass is 637 g/mol. The Morgan fingerprint density at radius 3 is 2.33 bits per heavy atom. The molecule has 2 aromatic heterocycles. The van der Waals surface area contributed by atoms with Crippen molar-refractivity contribution in [3.8, 4) is 11.3 Å². The van der Waals surface area contributed by atoms with Gasteiger partial charge in [0.2, 0.25) is 0 Å². The highest BCUT2D eigenvalue weighted by Crippen LogP contribution is 2.49. The molecule has 3 atom stereocenters. The summed E-state index contributed by atoms with van der Waals surface area (Å²) in [6.45, 7) is 0. The topological polar surface area (TPSA) is 94.8 Å². The lowest BCUT2D eigenvalue weighted by Gasteiger charge is -2.38. The van der Waals surface area contributed by atoms with Gasteiger partial charge in [0.15, 0.2) is 10.9 Å². The van der Waals surface area contributed by atoms with Gasteiger partial charge in [0.25, 0.3) is 0 Å². The van der Waals surface area contributed by atoms with E-state index in [1.165, 1.54) is 7.11 Å². The number of methoxy groups -OCH3 is 1. The number of ether oxygens (including phenoxy) is 2. The number of carbonyl (C=O) groups excluding carboxylic acids is 2. The molecule has 8 rings (SSSR count). The van der Waals surface area contributed by atoms with E-state index in [-0.39, 0.29) is 30.1 Å². The molecule has 1 unspecified atom stereocenters. The fourth-order valence-corrected chi connectivity index (χ4v) is 8.62. The second-order valence-electron chi connectivity index (χ2n) is 12.1. The molecule has 2 aromatic carbocycles. The maximum absolute atomic E-state index is 13.8. The van der Waals surface area contributed by atoms with E-state index < -0.39 is 5.97 Å². The fraction of sp³-hybridized carbons (Fsp3) is 0.438. The number of hydrogen-bond donors (Lipinski definition) is 0. The first-order valence-corrected chi connectivity index (χ1v) is 16.4. The summed E-state index contributed by atoms with van der Waals surface area (Å²) < 4.78 is 17.9. The van der Waals surface area contributed by atoms with Crippen molar-refractivity contribution in [2.24, 2.45) is 0 Å². The van der Waals surface area contributed by atoms with E-state index in [9.17, 15) is 9.59 Å². The van der Waals surface area contributed by atoms with Crippen molar-refractivity contribution in [3.63, 3.8) is 0 Å². The van der Waals surface area contributed by atoms with Crippen LogP contribution in [0.2, 0.25) is 10.0 Å². The Morgan fingerprint density at radius 2 is 1.67 bits per heavy atom. The minimum atomic E-state index is -0.434. The molecule has 2 bridgehead atoms. The second-order valence-corrected chi connectivity index (χ2v) is 13.9. The summed E-state index contributed by atoms with van der Waals surface area (Å²) in [5.74, 6) is 0.411. The zero-order chi connectivity index (χ0) is 29.4. The van der Waals surface area contributed by atoms with Gasteiger partial charge in [-0.1, -0.05) is 45.8 Å². The molecule has 222 valence electrons. The fourth-order valence-electron chi connectivity index (χ4n) is 6.86. The molecular formula is C32H29Cl2N3O5S. The lowest BCUT2D eigenvalue weighted by molar-refractivity contribution is 0.0202. The lowest BCUT2D eigenvalue weighted by atomic mass is 9.99. The van der Waals surface area contributed by atoms with Gasteiger partial charge in [-0.15, -0.1) is 0 Å². The van der Waals surface area contributed by atoms with Gasteiger partial charge < -0.3 is 18.9 Å². The number of benzene rings is 2. The molecule has 4 aliphatic rings. The number of nitrogens with zero attached hydrogens (tertiary/aromatic N) is 3. The molecule has 4 fully saturated rings. The summed E-state index contributed by atoms with van der Waals surface area (Å²) in [6.07, 6.45) is 7.35. The van der Waals surface area contributed by atoms with E-state index in [1.807, 2.05) is 12.1 Å². The molecule has 11 heteroatoms. The Hall–Kier alpha value is -3.14. The largest absolute Gasteiger partial charge is 0.465 e. The summed E-state index contributed by atoms with van der Waals surface area (Å²) in [5, 5.41) is 6.04. The number of thiazole rings is 1. The highest BCUT2D eigenvalue weighted by Gasteiger charge is 2.45. The van der Waals surface area contributed by atoms with Gasteiger partial charge >= 0.3 is 11.9 Å². The van der Waals surface area contributed by atoms with Gasteiger partial charge in [-0.3, -0.25) is 0 Å². The molecule has 2 aliphatic heterocycles. The van der Waals surface area contributed by atoms with Crippen LogP contribution >= 0.6 is 34.5 Å². The predicted molar refractivity (Wildman–Crippen MR) is 165 cm³/mol. The number of rotatable bonds is 7. The summed E-state index contributed by atoms with van der Waals surface area (Å²) >= 11 is 14.6. The number of esters is 2. The standard InChI is InChI=1S/C32H29Cl2N3O5S/c1-40-30(38)17-11-21(15-5-6-15)27-24(12-17)43-32(35-27)37-18-9-10-19(37)14-20(13-18)41-31(39)26-28(36-42-29(26)16-7-8-16)25-22(33)3-2-4-23(25)34/h2-4,11-12,15-16,18-20H,5-10,13-14H2,1H3/t18-,19+,20?. The summed E-state index contributed by atoms with van der Waals surface area (Å²) in [6, 6.07) is 9.50. The molecule has 2 saturated carbocycles. The lowest BCUT2D eigenvalue weighted by Crippen LogP contribution is -2.46. The van der Waals surface area contributed by atoms with E-state index >= 15 is 0 Å². The van der Waals surface area contributed by atoms with Crippen LogP contribution in [0.15, 0.2) is 34.9 Å². The van der Waals surface area contributed by atoms with Crippen LogP contribution < -0.4 is 4.90 Å². The summed E-state index contributed by atoms with van der Waals surface area (Å²) in [7, 11) is 1.42. The third-order valence-electron chi connectivity index (χ3n) is 9.21. The van der Waals surface area contributed by atoms with Crippen LogP contribution in [-0.2, 0) is 9.47 Å². The van der Waals surface area contributed by atoms with Crippen LogP contribution in [-0.4, -0.2) is 47.4 Å². The van der Waals surface area contributed by atoms with Crippen LogP contribution in [0.5, 0.6) is 0 Å². The summed E-state index contributed by atoms with van der Waals surface area (Å²) in [5.41, 5.74) is 3.89. The quantitative estimate of drug-likeness (QED) is 0.187. The molecule has 43 heavy (non-hydrogen) atoms. The van der Waals surface area contributed by atoms with Gasteiger partial charge in [-0.2, -0.15) is 0 Å². The zero-order valence-corrected chi connectivity index (χ0v) is 25.8. The first kappa shape index (κ1) is 27.4. The molecule has 2 saturated heterocycles. The first-order valence-electron chi connectivity index (χ1n) is 14.9. The Morgan fingerprint density at radius 1 is 0.977 bits per heavy atom. The van der Waals surface area contributed by atoms with E-state index in [4.69, 9.17) is 42.2 Å². The number of halogens is 2. The van der Waals surface area contributed by atoms with Crippen molar-refractivity contribution >= 4 is 61.8 Å². The predicted octanol–water partition coefficient (Wildman–Crippen LogP) is 8.16. The molecule has 8 nitrogen and oxygen atoms in total. The Bertz CT molecular complexity index is 1740. The van der Waals surface area contributed by atoms with Crippen molar-refractivity contribution < 1.29 is 23.6 Å². The third-order valence-corrected chi connectivity index (χ3v) is 10.9. The molecule has 0 N–H and O–H groups in total. The SMILES string of the molecule is COC(=O)c1cc(C2CC2)c2nc(N3[C@@H]4CC[C@H]3CC(OC(=O)c3c(-c5c(Cl)cccc5Cl)noc3C3CC3)C4)sc2c1. The van der Waals surface area contributed by atoms with Gasteiger partial charge in [0.05, 0.1) is 32.9 Å². The highest BCUT2D eigenvalue weighted by atomic mass is 35.5. The minimum absolute atomic E-state index is 0.155. The molecule has 4 aromatic rings. The van der Waals surface area contributed by atoms with Crippen LogP contribution in [0, 0.1) is 0 Å². The number of aromatic nitrogens is 2. The van der Waals surface area contributed by atoms with E-state index in [1.54, 1.807) is 29.5 Å². The maximum atomic E-state index is 13.8. The molecule has 0 radical (unpaired) electrons. The van der Waals surface area contributed by atoms with Crippen molar-refractivity contribution in [1.82, 2.24) is 10.1 Å². The van der Waals surface area contributed by atoms with E-state index in [0.717, 1.165) is 59.4 Å². The van der Waals surface area contributed by atoms with Crippen LogP contribution in [0.4, 0.5) is 5.13 Å². The average Bonchev–Trinajstić information content (AvgIpc) is 3.91. The van der Waals surface area contributed by atoms with Crippen LogP contribution in [0.3, 0.4) is 0 Å². The zero-order valence-electron chi connectivity index (χ0n) is 23.5. The Balaban J connectivity index is 1.05. The molecular weight excluding hydrogens is 609 g/mol. The highest BCUT2D eigenvalue weighted by molar-refractivity contribution is 7.22. The first-order chi connectivity index (χ1) is 20.9. The van der Waals surface area contributed by atoms with Gasteiger partial charge in [-0.25, -0.2) is 14.6 Å². The molecule has 2 aliphatic carbocycles. The van der Waals surface area contributed by atoms with Crippen LogP contribution in [0.1, 0.15) is 95.2 Å². The minimum Gasteiger partial charge on any atom is -0.465 e. The van der Waals surface area contributed by atoms with E-state index in [0.29, 0.717) is 56.9 Å². The van der Waals surface area contributed by atoms with Gasteiger partial charge in [-0.05, 0) is 74.3 Å². The molecule has 4 heterocycles. The maximum Gasteiger partial charge on any atom is 0.344 e. The number of anilines is 1. The van der Waals surface area contributed by atoms with Crippen molar-refractivity contribution in [3.05, 3.63) is 62.8 Å². The van der Waals surface area contributed by atoms with Gasteiger partial charge in [0, 0.05) is 36.4 Å².